The number of ether oxygens (including phenoxy) is 1. The number of hydrogen-bond acceptors (Lipinski definition) is 3. The summed E-state index contributed by atoms with van der Waals surface area (Å²) in [7, 11) is 0. The molecule has 1 aromatic heterocycles. The zero-order valence-electron chi connectivity index (χ0n) is 8.51. The van der Waals surface area contributed by atoms with Gasteiger partial charge in [-0.2, -0.15) is 0 Å². The standard InChI is InChI=1S/C9H7F3INO3/c1-4-7(13)5(2-6(15)16)3-14-8(4)17-9(10,11)12/h3H,2H2,1H3,(H,15,16). The Balaban J connectivity index is 3.06. The second-order valence-electron chi connectivity index (χ2n) is 3.15. The number of aliphatic carboxylic acids is 1. The van der Waals surface area contributed by atoms with Crippen molar-refractivity contribution in [3.05, 3.63) is 20.9 Å². The van der Waals surface area contributed by atoms with Gasteiger partial charge in [-0.05, 0) is 35.1 Å². The van der Waals surface area contributed by atoms with Crippen LogP contribution in [0.15, 0.2) is 6.20 Å². The average molecular weight is 361 g/mol. The summed E-state index contributed by atoms with van der Waals surface area (Å²) in [5.74, 6) is -1.63. The van der Waals surface area contributed by atoms with Gasteiger partial charge in [0.05, 0.1) is 6.42 Å². The molecule has 0 atom stereocenters. The molecule has 4 nitrogen and oxygen atoms in total. The maximum absolute atomic E-state index is 12.0. The minimum Gasteiger partial charge on any atom is -0.481 e. The molecule has 0 aliphatic heterocycles. The van der Waals surface area contributed by atoms with Crippen LogP contribution in [0.1, 0.15) is 11.1 Å². The van der Waals surface area contributed by atoms with Crippen LogP contribution < -0.4 is 4.74 Å². The molecule has 0 aliphatic carbocycles. The average Bonchev–Trinajstić information content (AvgIpc) is 2.15. The molecule has 0 fully saturated rings. The van der Waals surface area contributed by atoms with E-state index in [9.17, 15) is 18.0 Å². The summed E-state index contributed by atoms with van der Waals surface area (Å²) < 4.78 is 40.1. The number of aromatic nitrogens is 1. The highest BCUT2D eigenvalue weighted by atomic mass is 127. The fourth-order valence-corrected chi connectivity index (χ4v) is 1.68. The van der Waals surface area contributed by atoms with E-state index in [-0.39, 0.29) is 12.0 Å². The number of nitrogens with zero attached hydrogens (tertiary/aromatic N) is 1. The van der Waals surface area contributed by atoms with Gasteiger partial charge >= 0.3 is 12.3 Å². The molecule has 1 rings (SSSR count). The summed E-state index contributed by atoms with van der Waals surface area (Å²) in [5.41, 5.74) is 0.520. The minimum absolute atomic E-state index is 0.168. The van der Waals surface area contributed by atoms with Gasteiger partial charge in [-0.15, -0.1) is 13.2 Å². The summed E-state index contributed by atoms with van der Waals surface area (Å²) in [6, 6.07) is 0. The maximum atomic E-state index is 12.0. The molecule has 0 bridgehead atoms. The predicted molar refractivity (Wildman–Crippen MR) is 59.7 cm³/mol. The summed E-state index contributed by atoms with van der Waals surface area (Å²) in [5, 5.41) is 8.60. The van der Waals surface area contributed by atoms with E-state index in [0.717, 1.165) is 6.20 Å². The molecule has 1 aromatic rings. The lowest BCUT2D eigenvalue weighted by atomic mass is 10.1. The van der Waals surface area contributed by atoms with E-state index < -0.39 is 18.2 Å². The summed E-state index contributed by atoms with van der Waals surface area (Å²) in [6.45, 7) is 1.39. The molecule has 0 amide bonds. The van der Waals surface area contributed by atoms with Crippen LogP contribution in [-0.2, 0) is 11.2 Å². The smallest absolute Gasteiger partial charge is 0.481 e. The van der Waals surface area contributed by atoms with Crippen LogP contribution in [-0.4, -0.2) is 22.4 Å². The Kier molecular flexibility index (Phi) is 4.17. The van der Waals surface area contributed by atoms with E-state index in [1.165, 1.54) is 6.92 Å². The van der Waals surface area contributed by atoms with Gasteiger partial charge in [0.15, 0.2) is 0 Å². The SMILES string of the molecule is Cc1c(OC(F)(F)F)ncc(CC(=O)O)c1I. The maximum Gasteiger partial charge on any atom is 0.574 e. The first-order valence-electron chi connectivity index (χ1n) is 4.32. The third-order valence-electron chi connectivity index (χ3n) is 1.82. The molecule has 0 aromatic carbocycles. The number of halogens is 4. The van der Waals surface area contributed by atoms with Gasteiger partial charge in [0.1, 0.15) is 0 Å². The normalized spacial score (nSPS) is 11.4. The number of carbonyl (C=O) groups is 1. The minimum atomic E-state index is -4.81. The highest BCUT2D eigenvalue weighted by Gasteiger charge is 2.33. The van der Waals surface area contributed by atoms with Crippen LogP contribution in [0.5, 0.6) is 5.88 Å². The van der Waals surface area contributed by atoms with E-state index in [1.54, 1.807) is 22.6 Å². The molecule has 0 spiro atoms. The van der Waals surface area contributed by atoms with Crippen molar-refractivity contribution >= 4 is 28.6 Å². The number of hydrogen-bond donors (Lipinski definition) is 1. The first-order valence-corrected chi connectivity index (χ1v) is 5.40. The number of pyridine rings is 1. The van der Waals surface area contributed by atoms with Gasteiger partial charge in [-0.3, -0.25) is 4.79 Å². The van der Waals surface area contributed by atoms with Gasteiger partial charge in [0.25, 0.3) is 0 Å². The summed E-state index contributed by atoms with van der Waals surface area (Å²) in [6.07, 6.45) is -4.03. The highest BCUT2D eigenvalue weighted by molar-refractivity contribution is 14.1. The molecular weight excluding hydrogens is 354 g/mol. The Labute approximate surface area is 108 Å². The second-order valence-corrected chi connectivity index (χ2v) is 4.22. The van der Waals surface area contributed by atoms with Crippen LogP contribution in [0.3, 0.4) is 0 Å². The highest BCUT2D eigenvalue weighted by Crippen LogP contribution is 2.28. The van der Waals surface area contributed by atoms with Gasteiger partial charge in [-0.1, -0.05) is 0 Å². The Bertz CT molecular complexity index is 448. The molecule has 1 heterocycles. The van der Waals surface area contributed by atoms with Crippen molar-refractivity contribution in [2.24, 2.45) is 0 Å². The molecular formula is C9H7F3INO3. The predicted octanol–water partition coefficient (Wildman–Crippen LogP) is 2.52. The molecule has 0 aliphatic rings. The van der Waals surface area contributed by atoms with Gasteiger partial charge in [0, 0.05) is 15.3 Å². The topological polar surface area (TPSA) is 59.4 Å². The van der Waals surface area contributed by atoms with Gasteiger partial charge in [0.2, 0.25) is 5.88 Å². The number of rotatable bonds is 3. The van der Waals surface area contributed by atoms with Crippen molar-refractivity contribution in [2.45, 2.75) is 19.7 Å². The Morgan fingerprint density at radius 2 is 2.18 bits per heavy atom. The first-order chi connectivity index (χ1) is 7.70. The van der Waals surface area contributed by atoms with Crippen molar-refractivity contribution in [3.8, 4) is 5.88 Å². The van der Waals surface area contributed by atoms with E-state index in [2.05, 4.69) is 9.72 Å². The van der Waals surface area contributed by atoms with Gasteiger partial charge in [-0.25, -0.2) is 4.98 Å². The molecule has 1 N–H and O–H groups in total. The van der Waals surface area contributed by atoms with Crippen molar-refractivity contribution in [3.63, 3.8) is 0 Å². The van der Waals surface area contributed by atoms with Crippen molar-refractivity contribution in [1.29, 1.82) is 0 Å². The van der Waals surface area contributed by atoms with Gasteiger partial charge < -0.3 is 9.84 Å². The second kappa shape index (κ2) is 5.07. The van der Waals surface area contributed by atoms with E-state index in [1.807, 2.05) is 0 Å². The fourth-order valence-electron chi connectivity index (χ4n) is 1.12. The molecule has 0 saturated carbocycles. The van der Waals surface area contributed by atoms with Crippen LogP contribution >= 0.6 is 22.6 Å². The molecule has 94 valence electrons. The first kappa shape index (κ1) is 14.0. The summed E-state index contributed by atoms with van der Waals surface area (Å²) in [4.78, 5) is 14.0. The number of carboxylic acids is 1. The zero-order chi connectivity index (χ0) is 13.2. The lowest BCUT2D eigenvalue weighted by molar-refractivity contribution is -0.276. The molecule has 17 heavy (non-hydrogen) atoms. The zero-order valence-corrected chi connectivity index (χ0v) is 10.7. The van der Waals surface area contributed by atoms with Crippen LogP contribution in [0, 0.1) is 10.5 Å². The third-order valence-corrected chi connectivity index (χ3v) is 3.33. The van der Waals surface area contributed by atoms with E-state index in [0.29, 0.717) is 9.13 Å². The number of carboxylic acid groups (broad SMARTS) is 1. The van der Waals surface area contributed by atoms with Crippen molar-refractivity contribution < 1.29 is 27.8 Å². The van der Waals surface area contributed by atoms with Crippen LogP contribution in [0.4, 0.5) is 13.2 Å². The van der Waals surface area contributed by atoms with Crippen molar-refractivity contribution in [1.82, 2.24) is 4.98 Å². The summed E-state index contributed by atoms with van der Waals surface area (Å²) >= 11 is 1.76. The Morgan fingerprint density at radius 3 is 2.65 bits per heavy atom. The largest absolute Gasteiger partial charge is 0.574 e. The lowest BCUT2D eigenvalue weighted by Crippen LogP contribution is -2.19. The Hall–Kier alpha value is -1.06. The van der Waals surface area contributed by atoms with E-state index in [4.69, 9.17) is 5.11 Å². The fraction of sp³-hybridized carbons (Fsp3) is 0.333. The quantitative estimate of drug-likeness (QED) is 0.841. The van der Waals surface area contributed by atoms with E-state index >= 15 is 0 Å². The number of alkyl halides is 3. The Morgan fingerprint density at radius 1 is 1.59 bits per heavy atom. The van der Waals surface area contributed by atoms with Crippen LogP contribution in [0.25, 0.3) is 0 Å². The lowest BCUT2D eigenvalue weighted by Gasteiger charge is -2.12. The monoisotopic (exact) mass is 361 g/mol. The molecule has 0 unspecified atom stereocenters. The van der Waals surface area contributed by atoms with Crippen molar-refractivity contribution in [2.75, 3.05) is 0 Å². The molecule has 8 heteroatoms. The van der Waals surface area contributed by atoms with Crippen LogP contribution in [0.2, 0.25) is 0 Å². The molecule has 0 saturated heterocycles. The third kappa shape index (κ3) is 4.02. The molecule has 0 radical (unpaired) electrons.